The largest absolute Gasteiger partial charge is 0.476 e. The molecule has 0 radical (unpaired) electrons. The predicted octanol–water partition coefficient (Wildman–Crippen LogP) is 4.94. The van der Waals surface area contributed by atoms with E-state index in [0.717, 1.165) is 60.3 Å². The Labute approximate surface area is 176 Å². The molecule has 1 saturated heterocycles. The molecule has 2 aliphatic rings. The summed E-state index contributed by atoms with van der Waals surface area (Å²) in [5.41, 5.74) is 4.38. The van der Waals surface area contributed by atoms with Crippen molar-refractivity contribution in [3.8, 4) is 0 Å². The first-order valence-electron chi connectivity index (χ1n) is 10.5. The molecule has 2 heterocycles. The van der Waals surface area contributed by atoms with Gasteiger partial charge in [0.15, 0.2) is 0 Å². The Morgan fingerprint density at radius 2 is 1.70 bits per heavy atom. The molecular formula is C26H24N2O2. The number of likely N-dealkylation sites (tertiary alicyclic amines) is 1. The van der Waals surface area contributed by atoms with Crippen LogP contribution in [0, 0.1) is 0 Å². The second kappa shape index (κ2) is 8.15. The standard InChI is InChI=1S/C26H24N2O2/c29-26(24-10-9-21-3-1-2-4-23(21)18-24)28-14-11-20(12-15-28)17-19-5-7-22(8-6-19)25-27-13-16-30-25/h1-10,17-18H,11-16H2. The summed E-state index contributed by atoms with van der Waals surface area (Å²) in [5, 5.41) is 2.27. The topological polar surface area (TPSA) is 41.9 Å². The van der Waals surface area contributed by atoms with Crippen molar-refractivity contribution in [3.05, 3.63) is 89.0 Å². The van der Waals surface area contributed by atoms with Crippen LogP contribution >= 0.6 is 0 Å². The van der Waals surface area contributed by atoms with Crippen molar-refractivity contribution >= 4 is 28.7 Å². The monoisotopic (exact) mass is 396 g/mol. The number of rotatable bonds is 3. The van der Waals surface area contributed by atoms with Gasteiger partial charge in [0.25, 0.3) is 5.91 Å². The lowest BCUT2D eigenvalue weighted by molar-refractivity contribution is 0.0744. The SMILES string of the molecule is O=C(c1ccc2ccccc2c1)N1CCC(=Cc2ccc(C3=NCCO3)cc2)CC1. The van der Waals surface area contributed by atoms with E-state index in [1.807, 2.05) is 35.2 Å². The van der Waals surface area contributed by atoms with Crippen molar-refractivity contribution in [1.82, 2.24) is 4.90 Å². The van der Waals surface area contributed by atoms with Crippen LogP contribution in [0.2, 0.25) is 0 Å². The first-order chi connectivity index (χ1) is 14.8. The molecule has 4 nitrogen and oxygen atoms in total. The van der Waals surface area contributed by atoms with E-state index in [1.54, 1.807) is 0 Å². The van der Waals surface area contributed by atoms with Crippen molar-refractivity contribution in [2.75, 3.05) is 26.2 Å². The van der Waals surface area contributed by atoms with E-state index >= 15 is 0 Å². The average molecular weight is 396 g/mol. The highest BCUT2D eigenvalue weighted by Crippen LogP contribution is 2.23. The van der Waals surface area contributed by atoms with Crippen molar-refractivity contribution in [2.45, 2.75) is 12.8 Å². The van der Waals surface area contributed by atoms with Gasteiger partial charge in [0.1, 0.15) is 6.61 Å². The molecule has 0 N–H and O–H groups in total. The van der Waals surface area contributed by atoms with Gasteiger partial charge in [0, 0.05) is 24.2 Å². The molecule has 0 atom stereocenters. The molecule has 0 unspecified atom stereocenters. The number of carbonyl (C=O) groups is 1. The maximum atomic E-state index is 13.0. The van der Waals surface area contributed by atoms with Gasteiger partial charge in [-0.05, 0) is 53.4 Å². The maximum Gasteiger partial charge on any atom is 0.253 e. The minimum Gasteiger partial charge on any atom is -0.476 e. The lowest BCUT2D eigenvalue weighted by atomic mass is 9.99. The van der Waals surface area contributed by atoms with Gasteiger partial charge in [0.05, 0.1) is 6.54 Å². The fourth-order valence-corrected chi connectivity index (χ4v) is 4.11. The van der Waals surface area contributed by atoms with Crippen LogP contribution in [0.4, 0.5) is 0 Å². The van der Waals surface area contributed by atoms with E-state index in [-0.39, 0.29) is 5.91 Å². The molecule has 0 bridgehead atoms. The third-order valence-electron chi connectivity index (χ3n) is 5.80. The second-order valence-electron chi connectivity index (χ2n) is 7.81. The molecule has 0 spiro atoms. The number of fused-ring (bicyclic) bond motifs is 1. The van der Waals surface area contributed by atoms with Gasteiger partial charge < -0.3 is 9.64 Å². The zero-order valence-electron chi connectivity index (χ0n) is 16.9. The van der Waals surface area contributed by atoms with Gasteiger partial charge in [-0.2, -0.15) is 0 Å². The summed E-state index contributed by atoms with van der Waals surface area (Å²) in [6.45, 7) is 2.95. The van der Waals surface area contributed by atoms with Crippen LogP contribution in [0.1, 0.15) is 34.3 Å². The fraction of sp³-hybridized carbons (Fsp3) is 0.231. The van der Waals surface area contributed by atoms with Gasteiger partial charge >= 0.3 is 0 Å². The van der Waals surface area contributed by atoms with Crippen molar-refractivity contribution < 1.29 is 9.53 Å². The molecular weight excluding hydrogens is 372 g/mol. The lowest BCUT2D eigenvalue weighted by Gasteiger charge is -2.28. The number of ether oxygens (including phenoxy) is 1. The quantitative estimate of drug-likeness (QED) is 0.629. The summed E-state index contributed by atoms with van der Waals surface area (Å²) in [6, 6.07) is 22.5. The van der Waals surface area contributed by atoms with E-state index in [1.165, 1.54) is 11.1 Å². The van der Waals surface area contributed by atoms with Crippen LogP contribution in [0.5, 0.6) is 0 Å². The third-order valence-corrected chi connectivity index (χ3v) is 5.80. The first kappa shape index (κ1) is 18.6. The second-order valence-corrected chi connectivity index (χ2v) is 7.81. The summed E-state index contributed by atoms with van der Waals surface area (Å²) in [7, 11) is 0. The van der Waals surface area contributed by atoms with Crippen molar-refractivity contribution in [2.24, 2.45) is 4.99 Å². The van der Waals surface area contributed by atoms with E-state index in [0.29, 0.717) is 6.61 Å². The smallest absolute Gasteiger partial charge is 0.253 e. The molecule has 5 rings (SSSR count). The zero-order valence-corrected chi connectivity index (χ0v) is 16.9. The highest BCUT2D eigenvalue weighted by molar-refractivity contribution is 5.98. The van der Waals surface area contributed by atoms with Crippen LogP contribution in [0.3, 0.4) is 0 Å². The fourth-order valence-electron chi connectivity index (χ4n) is 4.11. The van der Waals surface area contributed by atoms with Gasteiger partial charge in [-0.25, -0.2) is 4.99 Å². The molecule has 1 fully saturated rings. The van der Waals surface area contributed by atoms with E-state index in [4.69, 9.17) is 4.74 Å². The lowest BCUT2D eigenvalue weighted by Crippen LogP contribution is -2.36. The van der Waals surface area contributed by atoms with Gasteiger partial charge in [-0.1, -0.05) is 54.1 Å². The van der Waals surface area contributed by atoms with Crippen LogP contribution in [0.15, 0.2) is 77.3 Å². The third kappa shape index (κ3) is 3.86. The summed E-state index contributed by atoms with van der Waals surface area (Å²) in [6.07, 6.45) is 4.08. The molecule has 0 aliphatic carbocycles. The van der Waals surface area contributed by atoms with E-state index in [2.05, 4.69) is 47.5 Å². The molecule has 0 aromatic heterocycles. The Kier molecular flexibility index (Phi) is 5.06. The Morgan fingerprint density at radius 3 is 2.43 bits per heavy atom. The summed E-state index contributed by atoms with van der Waals surface area (Å²) in [5.74, 6) is 0.871. The summed E-state index contributed by atoms with van der Waals surface area (Å²) < 4.78 is 5.52. The Hall–Kier alpha value is -3.40. The summed E-state index contributed by atoms with van der Waals surface area (Å²) >= 11 is 0. The number of piperidine rings is 1. The number of nitrogens with zero attached hydrogens (tertiary/aromatic N) is 2. The van der Waals surface area contributed by atoms with Crippen molar-refractivity contribution in [3.63, 3.8) is 0 Å². The predicted molar refractivity (Wildman–Crippen MR) is 121 cm³/mol. The Morgan fingerprint density at radius 1 is 0.933 bits per heavy atom. The first-order valence-corrected chi connectivity index (χ1v) is 10.5. The molecule has 4 heteroatoms. The molecule has 150 valence electrons. The number of hydrogen-bond acceptors (Lipinski definition) is 3. The maximum absolute atomic E-state index is 13.0. The van der Waals surface area contributed by atoms with E-state index in [9.17, 15) is 4.79 Å². The average Bonchev–Trinajstić information content (AvgIpc) is 3.34. The molecule has 1 amide bonds. The normalized spacial score (nSPS) is 16.3. The van der Waals surface area contributed by atoms with Gasteiger partial charge in [0.2, 0.25) is 5.90 Å². The molecule has 3 aromatic rings. The summed E-state index contributed by atoms with van der Waals surface area (Å²) in [4.78, 5) is 19.3. The van der Waals surface area contributed by atoms with Gasteiger partial charge in [-0.3, -0.25) is 4.79 Å². The van der Waals surface area contributed by atoms with Crippen molar-refractivity contribution in [1.29, 1.82) is 0 Å². The minimum absolute atomic E-state index is 0.126. The molecule has 30 heavy (non-hydrogen) atoms. The number of hydrogen-bond donors (Lipinski definition) is 0. The highest BCUT2D eigenvalue weighted by atomic mass is 16.5. The Bertz CT molecular complexity index is 1140. The molecule has 3 aromatic carbocycles. The Balaban J connectivity index is 1.23. The zero-order chi connectivity index (χ0) is 20.3. The van der Waals surface area contributed by atoms with E-state index < -0.39 is 0 Å². The van der Waals surface area contributed by atoms with Gasteiger partial charge in [-0.15, -0.1) is 0 Å². The molecule has 2 aliphatic heterocycles. The number of amides is 1. The highest BCUT2D eigenvalue weighted by Gasteiger charge is 2.20. The van der Waals surface area contributed by atoms with Crippen LogP contribution < -0.4 is 0 Å². The minimum atomic E-state index is 0.126. The number of carbonyl (C=O) groups excluding carboxylic acids is 1. The van der Waals surface area contributed by atoms with Crippen LogP contribution in [-0.2, 0) is 4.74 Å². The molecule has 0 saturated carbocycles. The number of benzene rings is 3. The number of aliphatic imine (C=N–C) groups is 1. The van der Waals surface area contributed by atoms with Crippen LogP contribution in [0.25, 0.3) is 16.8 Å². The van der Waals surface area contributed by atoms with Crippen LogP contribution in [-0.4, -0.2) is 42.9 Å².